The summed E-state index contributed by atoms with van der Waals surface area (Å²) in [5.41, 5.74) is -0.173. The van der Waals surface area contributed by atoms with Crippen molar-refractivity contribution < 1.29 is 19.8 Å². The predicted octanol–water partition coefficient (Wildman–Crippen LogP) is 0.469. The largest absolute Gasteiger partial charge is 0.480 e. The molecule has 1 rings (SSSR count). The average Bonchev–Trinajstić information content (AvgIpc) is 2.44. The SMILES string of the molecule is CC(C)(C)CC(=O)N1C[C@@H](O)C[C@H]1C(=O)O. The molecule has 1 aliphatic heterocycles. The van der Waals surface area contributed by atoms with Gasteiger partial charge in [-0.15, -0.1) is 0 Å². The molecule has 5 heteroatoms. The molecule has 2 N–H and O–H groups in total. The number of rotatable bonds is 2. The number of carboxylic acids is 1. The highest BCUT2D eigenvalue weighted by atomic mass is 16.4. The van der Waals surface area contributed by atoms with Crippen molar-refractivity contribution in [1.82, 2.24) is 4.90 Å². The third-order valence-electron chi connectivity index (χ3n) is 2.57. The second kappa shape index (κ2) is 4.41. The molecular formula is C11H19NO4. The Hall–Kier alpha value is -1.10. The van der Waals surface area contributed by atoms with Gasteiger partial charge in [-0.05, 0) is 5.41 Å². The van der Waals surface area contributed by atoms with E-state index in [0.29, 0.717) is 6.42 Å². The van der Waals surface area contributed by atoms with Gasteiger partial charge < -0.3 is 15.1 Å². The zero-order valence-electron chi connectivity index (χ0n) is 9.93. The quantitative estimate of drug-likeness (QED) is 0.721. The summed E-state index contributed by atoms with van der Waals surface area (Å²) >= 11 is 0. The third kappa shape index (κ3) is 3.20. The molecule has 1 aliphatic rings. The van der Waals surface area contributed by atoms with Crippen LogP contribution in [0.15, 0.2) is 0 Å². The molecule has 0 aromatic rings. The van der Waals surface area contributed by atoms with Crippen molar-refractivity contribution in [2.75, 3.05) is 6.54 Å². The van der Waals surface area contributed by atoms with Crippen LogP contribution in [0, 0.1) is 5.41 Å². The van der Waals surface area contributed by atoms with Crippen LogP contribution < -0.4 is 0 Å². The lowest BCUT2D eigenvalue weighted by Crippen LogP contribution is -2.41. The summed E-state index contributed by atoms with van der Waals surface area (Å²) in [6, 6.07) is -0.871. The molecule has 0 spiro atoms. The van der Waals surface area contributed by atoms with Crippen molar-refractivity contribution >= 4 is 11.9 Å². The summed E-state index contributed by atoms with van der Waals surface area (Å²) in [5.74, 6) is -1.24. The van der Waals surface area contributed by atoms with Crippen LogP contribution in [0.5, 0.6) is 0 Å². The fourth-order valence-corrected chi connectivity index (χ4v) is 1.88. The molecule has 1 heterocycles. The van der Waals surface area contributed by atoms with Gasteiger partial charge in [-0.2, -0.15) is 0 Å². The lowest BCUT2D eigenvalue weighted by atomic mass is 9.91. The molecule has 0 unspecified atom stereocenters. The summed E-state index contributed by atoms with van der Waals surface area (Å²) < 4.78 is 0. The van der Waals surface area contributed by atoms with Crippen molar-refractivity contribution in [2.24, 2.45) is 5.41 Å². The van der Waals surface area contributed by atoms with E-state index in [-0.39, 0.29) is 24.3 Å². The number of carboxylic acid groups (broad SMARTS) is 1. The normalized spacial score (nSPS) is 25.9. The summed E-state index contributed by atoms with van der Waals surface area (Å²) in [6.45, 7) is 5.90. The number of nitrogens with zero attached hydrogens (tertiary/aromatic N) is 1. The average molecular weight is 229 g/mol. The zero-order valence-corrected chi connectivity index (χ0v) is 9.93. The van der Waals surface area contributed by atoms with Crippen LogP contribution in [0.1, 0.15) is 33.6 Å². The van der Waals surface area contributed by atoms with Crippen molar-refractivity contribution in [3.63, 3.8) is 0 Å². The first-order chi connectivity index (χ1) is 7.20. The van der Waals surface area contributed by atoms with Crippen molar-refractivity contribution in [3.8, 4) is 0 Å². The van der Waals surface area contributed by atoms with Crippen LogP contribution >= 0.6 is 0 Å². The van der Waals surface area contributed by atoms with Crippen molar-refractivity contribution in [2.45, 2.75) is 45.8 Å². The predicted molar refractivity (Wildman–Crippen MR) is 57.8 cm³/mol. The molecular weight excluding hydrogens is 210 g/mol. The minimum Gasteiger partial charge on any atom is -0.480 e. The number of amides is 1. The number of hydrogen-bond acceptors (Lipinski definition) is 3. The van der Waals surface area contributed by atoms with Crippen LogP contribution in [0.4, 0.5) is 0 Å². The van der Waals surface area contributed by atoms with Gasteiger partial charge in [-0.25, -0.2) is 4.79 Å². The molecule has 0 saturated carbocycles. The van der Waals surface area contributed by atoms with Gasteiger partial charge >= 0.3 is 5.97 Å². The van der Waals surface area contributed by atoms with Crippen molar-refractivity contribution in [3.05, 3.63) is 0 Å². The first-order valence-corrected chi connectivity index (χ1v) is 5.41. The van der Waals surface area contributed by atoms with Gasteiger partial charge in [0.25, 0.3) is 0 Å². The van der Waals surface area contributed by atoms with Gasteiger partial charge in [0, 0.05) is 19.4 Å². The number of aliphatic hydroxyl groups is 1. The molecule has 16 heavy (non-hydrogen) atoms. The van der Waals surface area contributed by atoms with E-state index < -0.39 is 18.1 Å². The Morgan fingerprint density at radius 2 is 1.94 bits per heavy atom. The number of carbonyl (C=O) groups excluding carboxylic acids is 1. The Labute approximate surface area is 95.1 Å². The van der Waals surface area contributed by atoms with Gasteiger partial charge in [0.15, 0.2) is 0 Å². The molecule has 92 valence electrons. The topological polar surface area (TPSA) is 77.8 Å². The number of likely N-dealkylation sites (tertiary alicyclic amines) is 1. The lowest BCUT2D eigenvalue weighted by Gasteiger charge is -2.25. The molecule has 0 aromatic heterocycles. The smallest absolute Gasteiger partial charge is 0.326 e. The first-order valence-electron chi connectivity index (χ1n) is 5.41. The van der Waals surface area contributed by atoms with Gasteiger partial charge in [-0.3, -0.25) is 4.79 Å². The van der Waals surface area contributed by atoms with E-state index in [2.05, 4.69) is 0 Å². The monoisotopic (exact) mass is 229 g/mol. The number of aliphatic hydroxyl groups excluding tert-OH is 1. The fourth-order valence-electron chi connectivity index (χ4n) is 1.88. The lowest BCUT2D eigenvalue weighted by molar-refractivity contribution is -0.148. The van der Waals surface area contributed by atoms with Crippen LogP contribution in [-0.4, -0.2) is 45.7 Å². The highest BCUT2D eigenvalue weighted by Gasteiger charge is 2.39. The van der Waals surface area contributed by atoms with E-state index in [1.807, 2.05) is 20.8 Å². The number of carbonyl (C=O) groups is 2. The van der Waals surface area contributed by atoms with E-state index in [1.165, 1.54) is 4.90 Å². The minimum atomic E-state index is -1.04. The summed E-state index contributed by atoms with van der Waals surface area (Å²) in [4.78, 5) is 24.1. The maximum Gasteiger partial charge on any atom is 0.326 e. The molecule has 1 amide bonds. The molecule has 0 aliphatic carbocycles. The fraction of sp³-hybridized carbons (Fsp3) is 0.818. The molecule has 1 fully saturated rings. The van der Waals surface area contributed by atoms with Crippen LogP contribution in [0.3, 0.4) is 0 Å². The maximum absolute atomic E-state index is 11.9. The Morgan fingerprint density at radius 1 is 1.38 bits per heavy atom. The van der Waals surface area contributed by atoms with E-state index in [4.69, 9.17) is 5.11 Å². The van der Waals surface area contributed by atoms with Crippen LogP contribution in [-0.2, 0) is 9.59 Å². The standard InChI is InChI=1S/C11H19NO4/c1-11(2,3)5-9(14)12-6-7(13)4-8(12)10(15)16/h7-8,13H,4-6H2,1-3H3,(H,15,16)/t7-,8-/m0/s1. The summed E-state index contributed by atoms with van der Waals surface area (Å²) in [5, 5.41) is 18.4. The molecule has 0 radical (unpaired) electrons. The Balaban J connectivity index is 2.71. The molecule has 0 bridgehead atoms. The Morgan fingerprint density at radius 3 is 2.38 bits per heavy atom. The second-order valence-corrected chi connectivity index (χ2v) is 5.53. The van der Waals surface area contributed by atoms with Crippen LogP contribution in [0.2, 0.25) is 0 Å². The molecule has 2 atom stereocenters. The van der Waals surface area contributed by atoms with E-state index in [9.17, 15) is 14.7 Å². The number of hydrogen-bond donors (Lipinski definition) is 2. The number of aliphatic carboxylic acids is 1. The molecule has 5 nitrogen and oxygen atoms in total. The summed E-state index contributed by atoms with van der Waals surface area (Å²) in [6.07, 6.45) is -0.292. The second-order valence-electron chi connectivity index (χ2n) is 5.53. The highest BCUT2D eigenvalue weighted by molar-refractivity contribution is 5.84. The van der Waals surface area contributed by atoms with E-state index in [0.717, 1.165) is 0 Å². The third-order valence-corrected chi connectivity index (χ3v) is 2.57. The molecule has 1 saturated heterocycles. The minimum absolute atomic E-state index is 0.130. The maximum atomic E-state index is 11.9. The first kappa shape index (κ1) is 13.0. The van der Waals surface area contributed by atoms with E-state index >= 15 is 0 Å². The van der Waals surface area contributed by atoms with Crippen LogP contribution in [0.25, 0.3) is 0 Å². The number of β-amino-alcohol motifs (C(OH)–C–C–N with tert-alkyl or cyclic N) is 1. The van der Waals surface area contributed by atoms with Gasteiger partial charge in [0.2, 0.25) is 5.91 Å². The van der Waals surface area contributed by atoms with Gasteiger partial charge in [-0.1, -0.05) is 20.8 Å². The van der Waals surface area contributed by atoms with Gasteiger partial charge in [0.1, 0.15) is 6.04 Å². The van der Waals surface area contributed by atoms with Gasteiger partial charge in [0.05, 0.1) is 6.10 Å². The Kier molecular flexibility index (Phi) is 3.57. The van der Waals surface area contributed by atoms with Crippen molar-refractivity contribution in [1.29, 1.82) is 0 Å². The zero-order chi connectivity index (χ0) is 12.5. The highest BCUT2D eigenvalue weighted by Crippen LogP contribution is 2.24. The summed E-state index contributed by atoms with van der Waals surface area (Å²) in [7, 11) is 0. The van der Waals surface area contributed by atoms with E-state index in [1.54, 1.807) is 0 Å². The molecule has 0 aromatic carbocycles. The Bertz CT molecular complexity index is 295.